The Labute approximate surface area is 119 Å². The number of halogens is 1. The lowest BCUT2D eigenvalue weighted by molar-refractivity contribution is 0.294. The molecule has 1 aromatic carbocycles. The van der Waals surface area contributed by atoms with E-state index in [-0.39, 0.29) is 5.82 Å². The number of benzene rings is 1. The second kappa shape index (κ2) is 6.22. The summed E-state index contributed by atoms with van der Waals surface area (Å²) >= 11 is 0. The predicted octanol–water partition coefficient (Wildman–Crippen LogP) is 2.80. The van der Waals surface area contributed by atoms with Gasteiger partial charge in [0.2, 0.25) is 5.95 Å². The molecule has 2 rings (SSSR count). The smallest absolute Gasteiger partial charge is 0.201 e. The minimum atomic E-state index is -0.231. The summed E-state index contributed by atoms with van der Waals surface area (Å²) in [6.45, 7) is 10.0. The van der Waals surface area contributed by atoms with Crippen LogP contribution in [0, 0.1) is 12.7 Å². The number of nitrogens with two attached hydrogens (primary N) is 1. The van der Waals surface area contributed by atoms with Crippen LogP contribution in [0.2, 0.25) is 0 Å². The number of hydrogen-bond acceptors (Lipinski definition) is 3. The van der Waals surface area contributed by atoms with Crippen molar-refractivity contribution in [3.63, 3.8) is 0 Å². The van der Waals surface area contributed by atoms with Gasteiger partial charge in [0.25, 0.3) is 0 Å². The fourth-order valence-corrected chi connectivity index (χ4v) is 2.50. The number of rotatable bonds is 6. The van der Waals surface area contributed by atoms with E-state index in [9.17, 15) is 4.39 Å². The first-order valence-electron chi connectivity index (χ1n) is 7.21. The van der Waals surface area contributed by atoms with Crippen molar-refractivity contribution >= 4 is 17.0 Å². The summed E-state index contributed by atoms with van der Waals surface area (Å²) in [7, 11) is 0. The van der Waals surface area contributed by atoms with Crippen molar-refractivity contribution in [3.05, 3.63) is 23.5 Å². The quantitative estimate of drug-likeness (QED) is 0.884. The lowest BCUT2D eigenvalue weighted by Gasteiger charge is -2.18. The van der Waals surface area contributed by atoms with Crippen LogP contribution in [0.3, 0.4) is 0 Å². The number of aromatic nitrogens is 2. The molecule has 0 atom stereocenters. The van der Waals surface area contributed by atoms with E-state index in [1.807, 2.05) is 10.6 Å². The van der Waals surface area contributed by atoms with Crippen LogP contribution < -0.4 is 5.73 Å². The predicted molar refractivity (Wildman–Crippen MR) is 81.2 cm³/mol. The molecule has 5 heteroatoms. The molecule has 0 saturated heterocycles. The summed E-state index contributed by atoms with van der Waals surface area (Å²) in [6, 6.07) is 3.29. The van der Waals surface area contributed by atoms with Crippen LogP contribution in [-0.4, -0.2) is 34.1 Å². The van der Waals surface area contributed by atoms with E-state index >= 15 is 0 Å². The van der Waals surface area contributed by atoms with Gasteiger partial charge >= 0.3 is 0 Å². The molecule has 0 aliphatic heterocycles. The number of imidazole rings is 1. The number of fused-ring (bicyclic) bond motifs is 1. The molecule has 1 heterocycles. The zero-order valence-electron chi connectivity index (χ0n) is 12.5. The van der Waals surface area contributed by atoms with Crippen molar-refractivity contribution in [2.24, 2.45) is 0 Å². The van der Waals surface area contributed by atoms with Crippen LogP contribution >= 0.6 is 0 Å². The van der Waals surface area contributed by atoms with Gasteiger partial charge in [-0.2, -0.15) is 0 Å². The molecule has 0 amide bonds. The summed E-state index contributed by atoms with van der Waals surface area (Å²) in [4.78, 5) is 6.62. The van der Waals surface area contributed by atoms with Gasteiger partial charge in [-0.3, -0.25) is 0 Å². The van der Waals surface area contributed by atoms with Gasteiger partial charge in [-0.1, -0.05) is 13.8 Å². The van der Waals surface area contributed by atoms with E-state index in [1.165, 1.54) is 6.07 Å². The number of aryl methyl sites for hydroxylation is 2. The molecule has 0 saturated carbocycles. The maximum absolute atomic E-state index is 13.5. The Bertz CT molecular complexity index is 587. The van der Waals surface area contributed by atoms with Crippen LogP contribution in [0.15, 0.2) is 12.1 Å². The molecule has 0 aliphatic rings. The van der Waals surface area contributed by atoms with Crippen LogP contribution in [-0.2, 0) is 6.54 Å². The van der Waals surface area contributed by atoms with Crippen LogP contribution in [0.4, 0.5) is 10.3 Å². The third-order valence-corrected chi connectivity index (χ3v) is 3.81. The largest absolute Gasteiger partial charge is 0.369 e. The molecular weight excluding hydrogens is 255 g/mol. The highest BCUT2D eigenvalue weighted by Gasteiger charge is 2.11. The molecule has 4 nitrogen and oxygen atoms in total. The van der Waals surface area contributed by atoms with E-state index in [2.05, 4.69) is 23.7 Å². The van der Waals surface area contributed by atoms with E-state index in [0.717, 1.165) is 38.1 Å². The van der Waals surface area contributed by atoms with Crippen molar-refractivity contribution in [1.29, 1.82) is 0 Å². The minimum Gasteiger partial charge on any atom is -0.369 e. The fraction of sp³-hybridized carbons (Fsp3) is 0.533. The van der Waals surface area contributed by atoms with Gasteiger partial charge in [0, 0.05) is 12.6 Å². The molecule has 0 aliphatic carbocycles. The highest BCUT2D eigenvalue weighted by Crippen LogP contribution is 2.21. The average molecular weight is 278 g/mol. The standard InChI is InChI=1S/C15H23FN4/c1-4-19(5-2)7-6-8-20-14-9-11(3)12(16)10-13(14)18-15(20)17/h9-10H,4-8H2,1-3H3,(H2,17,18). The summed E-state index contributed by atoms with van der Waals surface area (Å²) in [5, 5.41) is 0. The van der Waals surface area contributed by atoms with Crippen molar-refractivity contribution in [2.75, 3.05) is 25.4 Å². The van der Waals surface area contributed by atoms with E-state index in [1.54, 1.807) is 6.92 Å². The Morgan fingerprint density at radius 1 is 1.30 bits per heavy atom. The molecule has 20 heavy (non-hydrogen) atoms. The number of nitrogen functional groups attached to an aromatic ring is 1. The van der Waals surface area contributed by atoms with Crippen LogP contribution in [0.5, 0.6) is 0 Å². The Morgan fingerprint density at radius 2 is 2.00 bits per heavy atom. The van der Waals surface area contributed by atoms with E-state index < -0.39 is 0 Å². The van der Waals surface area contributed by atoms with Crippen molar-refractivity contribution in [2.45, 2.75) is 33.7 Å². The lowest BCUT2D eigenvalue weighted by Crippen LogP contribution is -2.25. The Kier molecular flexibility index (Phi) is 4.60. The van der Waals surface area contributed by atoms with Gasteiger partial charge in [0.1, 0.15) is 5.82 Å². The normalized spacial score (nSPS) is 11.7. The van der Waals surface area contributed by atoms with Gasteiger partial charge in [-0.15, -0.1) is 0 Å². The lowest BCUT2D eigenvalue weighted by atomic mass is 10.2. The minimum absolute atomic E-state index is 0.231. The Morgan fingerprint density at radius 3 is 2.65 bits per heavy atom. The molecule has 2 aromatic rings. The van der Waals surface area contributed by atoms with Gasteiger partial charge in [-0.25, -0.2) is 9.37 Å². The maximum Gasteiger partial charge on any atom is 0.201 e. The van der Waals surface area contributed by atoms with Crippen molar-refractivity contribution < 1.29 is 4.39 Å². The van der Waals surface area contributed by atoms with E-state index in [0.29, 0.717) is 17.0 Å². The zero-order valence-corrected chi connectivity index (χ0v) is 12.5. The van der Waals surface area contributed by atoms with Crippen LogP contribution in [0.25, 0.3) is 11.0 Å². The highest BCUT2D eigenvalue weighted by molar-refractivity contribution is 5.79. The number of nitrogens with zero attached hydrogens (tertiary/aromatic N) is 3. The molecule has 0 unspecified atom stereocenters. The first-order chi connectivity index (χ1) is 9.56. The molecule has 0 spiro atoms. The highest BCUT2D eigenvalue weighted by atomic mass is 19.1. The molecule has 2 N–H and O–H groups in total. The molecule has 1 aromatic heterocycles. The van der Waals surface area contributed by atoms with Gasteiger partial charge in [0.15, 0.2) is 0 Å². The molecule has 110 valence electrons. The Hall–Kier alpha value is -1.62. The summed E-state index contributed by atoms with van der Waals surface area (Å²) < 4.78 is 15.5. The third kappa shape index (κ3) is 2.93. The molecule has 0 bridgehead atoms. The first-order valence-corrected chi connectivity index (χ1v) is 7.21. The van der Waals surface area contributed by atoms with Gasteiger partial charge in [-0.05, 0) is 44.6 Å². The van der Waals surface area contributed by atoms with Crippen molar-refractivity contribution in [1.82, 2.24) is 14.5 Å². The number of hydrogen-bond donors (Lipinski definition) is 1. The van der Waals surface area contributed by atoms with E-state index in [4.69, 9.17) is 5.73 Å². The van der Waals surface area contributed by atoms with Gasteiger partial charge < -0.3 is 15.2 Å². The second-order valence-electron chi connectivity index (χ2n) is 5.09. The summed E-state index contributed by atoms with van der Waals surface area (Å²) in [5.74, 6) is 0.231. The monoisotopic (exact) mass is 278 g/mol. The van der Waals surface area contributed by atoms with Gasteiger partial charge in [0.05, 0.1) is 11.0 Å². The summed E-state index contributed by atoms with van der Waals surface area (Å²) in [6.07, 6.45) is 1.01. The van der Waals surface area contributed by atoms with Crippen LogP contribution in [0.1, 0.15) is 25.8 Å². The first kappa shape index (κ1) is 14.8. The molecular formula is C15H23FN4. The third-order valence-electron chi connectivity index (χ3n) is 3.81. The zero-order chi connectivity index (χ0) is 14.7. The Balaban J connectivity index is 2.17. The topological polar surface area (TPSA) is 47.1 Å². The summed E-state index contributed by atoms with van der Waals surface area (Å²) in [5.41, 5.74) is 8.13. The average Bonchev–Trinajstić information content (AvgIpc) is 2.71. The number of anilines is 1. The second-order valence-corrected chi connectivity index (χ2v) is 5.09. The fourth-order valence-electron chi connectivity index (χ4n) is 2.50. The maximum atomic E-state index is 13.5. The SMILES string of the molecule is CCN(CC)CCCn1c(N)nc2cc(F)c(C)cc21. The molecule has 0 fully saturated rings. The van der Waals surface area contributed by atoms with Crippen molar-refractivity contribution in [3.8, 4) is 0 Å². The molecule has 0 radical (unpaired) electrons.